The quantitative estimate of drug-likeness (QED) is 0.454. The van der Waals surface area contributed by atoms with E-state index in [9.17, 15) is 31.5 Å². The number of nitrogens with one attached hydrogen (secondary N) is 1. The van der Waals surface area contributed by atoms with Crippen molar-refractivity contribution in [2.24, 2.45) is 0 Å². The van der Waals surface area contributed by atoms with Gasteiger partial charge in [-0.25, -0.2) is 8.42 Å². The maximum absolute atomic E-state index is 13.3. The molecule has 0 atom stereocenters. The second-order valence-electron chi connectivity index (χ2n) is 7.19. The van der Waals surface area contributed by atoms with Gasteiger partial charge in [-0.15, -0.1) is 0 Å². The third-order valence-electron chi connectivity index (χ3n) is 4.92. The van der Waals surface area contributed by atoms with Gasteiger partial charge in [0.15, 0.2) is 9.84 Å². The molecule has 1 aromatic heterocycles. The molecule has 0 fully saturated rings. The van der Waals surface area contributed by atoms with Crippen LogP contribution in [0, 0.1) is 6.92 Å². The van der Waals surface area contributed by atoms with E-state index in [2.05, 4.69) is 5.32 Å². The van der Waals surface area contributed by atoms with Gasteiger partial charge in [0, 0.05) is 18.0 Å². The fraction of sp³-hybridized carbons (Fsp3) is 0.238. The first kappa shape index (κ1) is 24.3. The lowest BCUT2D eigenvalue weighted by molar-refractivity contribution is -0.137. The molecule has 3 aromatic rings. The number of carbonyl (C=O) groups is 2. The van der Waals surface area contributed by atoms with E-state index in [-0.39, 0.29) is 43.6 Å². The number of sulfone groups is 1. The van der Waals surface area contributed by atoms with Crippen LogP contribution in [-0.4, -0.2) is 44.1 Å². The summed E-state index contributed by atoms with van der Waals surface area (Å²) in [6, 6.07) is 9.54. The van der Waals surface area contributed by atoms with Gasteiger partial charge in [0.25, 0.3) is 0 Å². The lowest BCUT2D eigenvalue weighted by atomic mass is 10.2. The summed E-state index contributed by atoms with van der Waals surface area (Å²) in [6.45, 7) is 3.68. The van der Waals surface area contributed by atoms with Crippen molar-refractivity contribution in [3.63, 3.8) is 0 Å². The molecule has 12 heteroatoms. The highest BCUT2D eigenvalue weighted by molar-refractivity contribution is 7.91. The Morgan fingerprint density at radius 3 is 2.24 bits per heavy atom. The van der Waals surface area contributed by atoms with E-state index in [0.29, 0.717) is 0 Å². The number of carboxylic acid groups (broad SMARTS) is 1. The Kier molecular flexibility index (Phi) is 6.52. The fourth-order valence-corrected chi connectivity index (χ4v) is 5.73. The number of rotatable bonds is 8. The van der Waals surface area contributed by atoms with Gasteiger partial charge < -0.3 is 19.2 Å². The van der Waals surface area contributed by atoms with Gasteiger partial charge in [-0.05, 0) is 43.3 Å². The van der Waals surface area contributed by atoms with E-state index in [4.69, 9.17) is 4.18 Å². The molecule has 0 saturated carbocycles. The third kappa shape index (κ3) is 4.86. The van der Waals surface area contributed by atoms with Gasteiger partial charge in [-0.2, -0.15) is 8.42 Å². The molecule has 33 heavy (non-hydrogen) atoms. The molecular weight excluding hydrogens is 472 g/mol. The average molecular weight is 495 g/mol. The minimum Gasteiger partial charge on any atom is -0.480 e. The van der Waals surface area contributed by atoms with Crippen LogP contribution in [0.25, 0.3) is 10.9 Å². The zero-order valence-corrected chi connectivity index (χ0v) is 19.7. The summed E-state index contributed by atoms with van der Waals surface area (Å²) in [5, 5.41) is 12.0. The molecule has 0 aliphatic rings. The average Bonchev–Trinajstić information content (AvgIpc) is 3.00. The van der Waals surface area contributed by atoms with Gasteiger partial charge in [-0.1, -0.05) is 13.0 Å². The summed E-state index contributed by atoms with van der Waals surface area (Å²) in [5.41, 5.74) is 0.571. The van der Waals surface area contributed by atoms with Crippen molar-refractivity contribution in [2.75, 3.05) is 11.1 Å². The van der Waals surface area contributed by atoms with Crippen LogP contribution < -0.4 is 9.50 Å². The number of hydrogen-bond donors (Lipinski definition) is 2. The molecule has 0 saturated heterocycles. The van der Waals surface area contributed by atoms with Crippen molar-refractivity contribution in [3.05, 3.63) is 48.2 Å². The van der Waals surface area contributed by atoms with E-state index in [1.807, 2.05) is 0 Å². The predicted molar refractivity (Wildman–Crippen MR) is 121 cm³/mol. The molecule has 0 bridgehead atoms. The van der Waals surface area contributed by atoms with Gasteiger partial charge >= 0.3 is 16.1 Å². The first-order valence-corrected chi connectivity index (χ1v) is 12.8. The minimum atomic E-state index is -4.51. The second-order valence-corrected chi connectivity index (χ2v) is 10.9. The highest BCUT2D eigenvalue weighted by Gasteiger charge is 2.30. The van der Waals surface area contributed by atoms with E-state index < -0.39 is 38.4 Å². The standard InChI is InChI=1S/C21H22N2O8S2/c1-4-32(27,28)16-10-8-15(9-11-16)31-33(29,30)21-13(2)23(12-19(25)26)18-7-5-6-17(20(18)21)22-14(3)24/h5-11H,4,12H2,1-3H3,(H,22,24)(H,25,26). The van der Waals surface area contributed by atoms with Crippen molar-refractivity contribution < 1.29 is 35.7 Å². The smallest absolute Gasteiger partial charge is 0.341 e. The van der Waals surface area contributed by atoms with E-state index in [0.717, 1.165) is 0 Å². The summed E-state index contributed by atoms with van der Waals surface area (Å²) in [6.07, 6.45) is 0. The summed E-state index contributed by atoms with van der Waals surface area (Å²) >= 11 is 0. The fourth-order valence-electron chi connectivity index (χ4n) is 3.46. The second kappa shape index (κ2) is 8.87. The first-order chi connectivity index (χ1) is 15.4. The topological polar surface area (TPSA) is 149 Å². The van der Waals surface area contributed by atoms with Crippen molar-refractivity contribution in [2.45, 2.75) is 37.1 Å². The molecule has 0 aliphatic heterocycles. The molecule has 2 N–H and O–H groups in total. The highest BCUT2D eigenvalue weighted by Crippen LogP contribution is 2.36. The van der Waals surface area contributed by atoms with E-state index in [1.54, 1.807) is 12.1 Å². The molecule has 0 aliphatic carbocycles. The molecule has 2 aromatic carbocycles. The number of hydrogen-bond acceptors (Lipinski definition) is 7. The van der Waals surface area contributed by atoms with Gasteiger partial charge in [0.05, 0.1) is 21.9 Å². The Balaban J connectivity index is 2.17. The molecule has 0 spiro atoms. The first-order valence-electron chi connectivity index (χ1n) is 9.76. The zero-order valence-electron chi connectivity index (χ0n) is 18.0. The highest BCUT2D eigenvalue weighted by atomic mass is 32.2. The number of nitrogens with zero attached hydrogens (tertiary/aromatic N) is 1. The third-order valence-corrected chi connectivity index (χ3v) is 8.08. The van der Waals surface area contributed by atoms with Gasteiger partial charge in [0.2, 0.25) is 5.91 Å². The van der Waals surface area contributed by atoms with E-state index in [1.165, 1.54) is 55.7 Å². The Bertz CT molecular complexity index is 1450. The van der Waals surface area contributed by atoms with E-state index >= 15 is 0 Å². The molecule has 1 amide bonds. The van der Waals surface area contributed by atoms with Gasteiger partial charge in [0.1, 0.15) is 17.2 Å². The molecule has 10 nitrogen and oxygen atoms in total. The largest absolute Gasteiger partial charge is 0.480 e. The Hall–Kier alpha value is -3.38. The SMILES string of the molecule is CCS(=O)(=O)c1ccc(OS(=O)(=O)c2c(C)n(CC(=O)O)c3cccc(NC(C)=O)c23)cc1. The van der Waals surface area contributed by atoms with Crippen LogP contribution in [-0.2, 0) is 36.1 Å². The molecule has 176 valence electrons. The molecule has 1 heterocycles. The lowest BCUT2D eigenvalue weighted by Crippen LogP contribution is -2.14. The number of carbonyl (C=O) groups excluding carboxylic acids is 1. The van der Waals surface area contributed by atoms with Crippen LogP contribution in [0.3, 0.4) is 0 Å². The van der Waals surface area contributed by atoms with Gasteiger partial charge in [-0.3, -0.25) is 9.59 Å². The summed E-state index contributed by atoms with van der Waals surface area (Å²) in [5.74, 6) is -1.86. The maximum Gasteiger partial charge on any atom is 0.341 e. The van der Waals surface area contributed by atoms with Crippen LogP contribution in [0.1, 0.15) is 19.5 Å². The Morgan fingerprint density at radius 1 is 1.06 bits per heavy atom. The Morgan fingerprint density at radius 2 is 1.70 bits per heavy atom. The molecule has 0 unspecified atom stereocenters. The van der Waals surface area contributed by atoms with Crippen LogP contribution >= 0.6 is 0 Å². The summed E-state index contributed by atoms with van der Waals surface area (Å²) < 4.78 is 57.1. The lowest BCUT2D eigenvalue weighted by Gasteiger charge is -2.10. The van der Waals surface area contributed by atoms with Crippen molar-refractivity contribution >= 4 is 48.4 Å². The Labute approximate surface area is 190 Å². The van der Waals surface area contributed by atoms with Crippen LogP contribution in [0.5, 0.6) is 5.75 Å². The molecule has 3 rings (SSSR count). The number of aromatic nitrogens is 1. The minimum absolute atomic E-state index is 0.0249. The number of aliphatic carboxylic acids is 1. The number of amides is 1. The van der Waals surface area contributed by atoms with Crippen LogP contribution in [0.2, 0.25) is 0 Å². The molecule has 0 radical (unpaired) electrons. The summed E-state index contributed by atoms with van der Waals surface area (Å²) in [4.78, 5) is 22.8. The van der Waals surface area contributed by atoms with Crippen LogP contribution in [0.15, 0.2) is 52.3 Å². The number of anilines is 1. The number of fused-ring (bicyclic) bond motifs is 1. The summed E-state index contributed by atoms with van der Waals surface area (Å²) in [7, 11) is -7.99. The number of carboxylic acids is 1. The monoisotopic (exact) mass is 494 g/mol. The normalized spacial score (nSPS) is 12.0. The molecular formula is C21H22N2O8S2. The number of benzene rings is 2. The maximum atomic E-state index is 13.3. The van der Waals surface area contributed by atoms with Crippen molar-refractivity contribution in [1.29, 1.82) is 0 Å². The van der Waals surface area contributed by atoms with Crippen molar-refractivity contribution in [1.82, 2.24) is 4.57 Å². The predicted octanol–water partition coefficient (Wildman–Crippen LogP) is 2.55. The zero-order chi connectivity index (χ0) is 24.6. The van der Waals surface area contributed by atoms with Crippen molar-refractivity contribution in [3.8, 4) is 5.75 Å². The van der Waals surface area contributed by atoms with Crippen LogP contribution in [0.4, 0.5) is 5.69 Å².